The van der Waals surface area contributed by atoms with Crippen LogP contribution < -0.4 is 5.32 Å². The van der Waals surface area contributed by atoms with Gasteiger partial charge in [0.15, 0.2) is 5.58 Å². The quantitative estimate of drug-likeness (QED) is 0.703. The van der Waals surface area contributed by atoms with Crippen LogP contribution in [0, 0.1) is 0 Å². The number of nitrogens with one attached hydrogen (secondary N) is 1. The Hall–Kier alpha value is -3.26. The van der Waals surface area contributed by atoms with Crippen molar-refractivity contribution in [2.24, 2.45) is 0 Å². The van der Waals surface area contributed by atoms with Crippen LogP contribution in [-0.4, -0.2) is 57.2 Å². The number of nitrogens with zero attached hydrogens (tertiary/aromatic N) is 3. The summed E-state index contributed by atoms with van der Waals surface area (Å²) in [5.74, 6) is -0.416. The molecule has 1 aromatic carbocycles. The maximum atomic E-state index is 12.6. The highest BCUT2D eigenvalue weighted by molar-refractivity contribution is 5.94. The molecule has 0 bridgehead atoms. The maximum absolute atomic E-state index is 12.6. The second-order valence-corrected chi connectivity index (χ2v) is 6.82. The second-order valence-electron chi connectivity index (χ2n) is 6.82. The van der Waals surface area contributed by atoms with Crippen molar-refractivity contribution in [2.45, 2.75) is 25.0 Å². The van der Waals surface area contributed by atoms with E-state index < -0.39 is 12.1 Å². The highest BCUT2D eigenvalue weighted by atomic mass is 16.5. The molecule has 2 N–H and O–H groups in total. The molecule has 1 aliphatic rings. The van der Waals surface area contributed by atoms with Gasteiger partial charge in [-0.2, -0.15) is 0 Å². The molecule has 0 unspecified atom stereocenters. The minimum Gasteiger partial charge on any atom is -0.389 e. The zero-order valence-corrected chi connectivity index (χ0v) is 15.1. The van der Waals surface area contributed by atoms with Crippen LogP contribution in [0.4, 0.5) is 0 Å². The van der Waals surface area contributed by atoms with E-state index in [1.807, 2.05) is 18.2 Å². The van der Waals surface area contributed by atoms with Crippen LogP contribution in [0.2, 0.25) is 0 Å². The van der Waals surface area contributed by atoms with Crippen molar-refractivity contribution in [1.29, 1.82) is 0 Å². The number of hydrogen-bond acceptors (Lipinski definition) is 6. The first-order valence-corrected chi connectivity index (χ1v) is 9.12. The number of β-amino-alcohol motifs (C(OH)–C–C–N with tert-alkyl or cyclic N) is 1. The maximum Gasteiger partial charge on any atom is 0.253 e. The van der Waals surface area contributed by atoms with E-state index in [0.717, 1.165) is 5.39 Å². The summed E-state index contributed by atoms with van der Waals surface area (Å²) in [6.45, 7) is 0.607. The predicted octanol–water partition coefficient (Wildman–Crippen LogP) is 1.16. The summed E-state index contributed by atoms with van der Waals surface area (Å²) < 4.78 is 5.24. The van der Waals surface area contributed by atoms with E-state index in [2.05, 4.69) is 15.5 Å². The fourth-order valence-electron chi connectivity index (χ4n) is 3.40. The number of aliphatic hydroxyl groups excluding tert-OH is 1. The van der Waals surface area contributed by atoms with Gasteiger partial charge in [0, 0.05) is 30.9 Å². The van der Waals surface area contributed by atoms with Crippen LogP contribution in [0.25, 0.3) is 11.0 Å². The van der Waals surface area contributed by atoms with E-state index in [1.54, 1.807) is 29.3 Å². The van der Waals surface area contributed by atoms with Gasteiger partial charge >= 0.3 is 0 Å². The molecule has 0 radical (unpaired) electrons. The molecule has 4 rings (SSSR count). The van der Waals surface area contributed by atoms with Gasteiger partial charge in [-0.3, -0.25) is 14.6 Å². The Bertz CT molecular complexity index is 988. The van der Waals surface area contributed by atoms with Crippen LogP contribution in [0.15, 0.2) is 53.3 Å². The molecule has 0 spiro atoms. The predicted molar refractivity (Wildman–Crippen MR) is 100 cm³/mol. The average Bonchev–Trinajstić information content (AvgIpc) is 3.13. The largest absolute Gasteiger partial charge is 0.389 e. The van der Waals surface area contributed by atoms with Crippen molar-refractivity contribution < 1.29 is 19.2 Å². The summed E-state index contributed by atoms with van der Waals surface area (Å²) in [7, 11) is 0. The Morgan fingerprint density at radius 3 is 2.89 bits per heavy atom. The standard InChI is InChI=1S/C20H20N4O4/c25-17-12-24(9-7-15(17)22-20(27)13-4-3-8-21-11-13)19(26)10-16-14-5-1-2-6-18(14)28-23-16/h1-6,8,11,15,17,25H,7,9-10,12H2,(H,22,27)/t15-,17-/m1/s1. The van der Waals surface area contributed by atoms with E-state index in [9.17, 15) is 14.7 Å². The number of hydrogen-bond donors (Lipinski definition) is 2. The van der Waals surface area contributed by atoms with Gasteiger partial charge in [0.1, 0.15) is 5.69 Å². The second kappa shape index (κ2) is 7.77. The first kappa shape index (κ1) is 18.1. The van der Waals surface area contributed by atoms with Crippen molar-refractivity contribution >= 4 is 22.8 Å². The Balaban J connectivity index is 1.36. The fraction of sp³-hybridized carbons (Fsp3) is 0.300. The normalized spacial score (nSPS) is 19.5. The van der Waals surface area contributed by atoms with Gasteiger partial charge in [0.2, 0.25) is 5.91 Å². The zero-order valence-electron chi connectivity index (χ0n) is 15.1. The van der Waals surface area contributed by atoms with Gasteiger partial charge in [-0.1, -0.05) is 17.3 Å². The lowest BCUT2D eigenvalue weighted by Crippen LogP contribution is -2.55. The first-order chi connectivity index (χ1) is 13.6. The molecule has 2 atom stereocenters. The number of carbonyl (C=O) groups excluding carboxylic acids is 2. The van der Waals surface area contributed by atoms with Crippen molar-refractivity contribution in [2.75, 3.05) is 13.1 Å². The monoisotopic (exact) mass is 380 g/mol. The van der Waals surface area contributed by atoms with Gasteiger partial charge in [-0.25, -0.2) is 0 Å². The van der Waals surface area contributed by atoms with E-state index in [-0.39, 0.29) is 24.8 Å². The number of pyridine rings is 1. The van der Waals surface area contributed by atoms with Gasteiger partial charge in [0.05, 0.1) is 24.1 Å². The van der Waals surface area contributed by atoms with E-state index in [0.29, 0.717) is 29.8 Å². The van der Waals surface area contributed by atoms with Crippen LogP contribution in [-0.2, 0) is 11.2 Å². The van der Waals surface area contributed by atoms with Crippen molar-refractivity contribution in [3.05, 3.63) is 60.0 Å². The van der Waals surface area contributed by atoms with Gasteiger partial charge < -0.3 is 19.8 Å². The third kappa shape index (κ3) is 3.72. The van der Waals surface area contributed by atoms with E-state index in [4.69, 9.17) is 4.52 Å². The topological polar surface area (TPSA) is 109 Å². The number of carbonyl (C=O) groups is 2. The Kier molecular flexibility index (Phi) is 5.03. The summed E-state index contributed by atoms with van der Waals surface area (Å²) in [6.07, 6.45) is 2.80. The van der Waals surface area contributed by atoms with E-state index in [1.165, 1.54) is 6.20 Å². The third-order valence-electron chi connectivity index (χ3n) is 4.95. The molecule has 28 heavy (non-hydrogen) atoms. The highest BCUT2D eigenvalue weighted by Gasteiger charge is 2.31. The number of benzene rings is 1. The molecule has 3 heterocycles. The Morgan fingerprint density at radius 1 is 1.25 bits per heavy atom. The minimum atomic E-state index is -0.840. The summed E-state index contributed by atoms with van der Waals surface area (Å²) >= 11 is 0. The number of rotatable bonds is 4. The lowest BCUT2D eigenvalue weighted by molar-refractivity contribution is -0.134. The molecule has 3 aromatic rings. The van der Waals surface area contributed by atoms with E-state index >= 15 is 0 Å². The van der Waals surface area contributed by atoms with Gasteiger partial charge in [-0.15, -0.1) is 0 Å². The number of aliphatic hydroxyl groups is 1. The minimum absolute atomic E-state index is 0.108. The lowest BCUT2D eigenvalue weighted by Gasteiger charge is -2.36. The number of para-hydroxylation sites is 1. The average molecular weight is 380 g/mol. The van der Waals surface area contributed by atoms with Crippen LogP contribution in [0.1, 0.15) is 22.5 Å². The van der Waals surface area contributed by atoms with Gasteiger partial charge in [0.25, 0.3) is 5.91 Å². The number of piperidine rings is 1. The molecule has 8 nitrogen and oxygen atoms in total. The van der Waals surface area contributed by atoms with Crippen molar-refractivity contribution in [3.8, 4) is 0 Å². The van der Waals surface area contributed by atoms with Crippen LogP contribution in [0.3, 0.4) is 0 Å². The zero-order chi connectivity index (χ0) is 19.5. The SMILES string of the molecule is O=C(N[C@@H]1CCN(C(=O)Cc2noc3ccccc23)C[C@H]1O)c1cccnc1. The lowest BCUT2D eigenvalue weighted by atomic mass is 10.0. The number of fused-ring (bicyclic) bond motifs is 1. The highest BCUT2D eigenvalue weighted by Crippen LogP contribution is 2.20. The smallest absolute Gasteiger partial charge is 0.253 e. The molecule has 2 aromatic heterocycles. The summed E-state index contributed by atoms with van der Waals surface area (Å²) in [4.78, 5) is 30.4. The molecule has 8 heteroatoms. The molecule has 144 valence electrons. The summed E-state index contributed by atoms with van der Waals surface area (Å²) in [6, 6.07) is 10.3. The van der Waals surface area contributed by atoms with Gasteiger partial charge in [-0.05, 0) is 30.7 Å². The third-order valence-corrected chi connectivity index (χ3v) is 4.95. The molecule has 1 fully saturated rings. The number of aromatic nitrogens is 2. The first-order valence-electron chi connectivity index (χ1n) is 9.12. The van der Waals surface area contributed by atoms with Crippen molar-refractivity contribution in [1.82, 2.24) is 20.4 Å². The summed E-state index contributed by atoms with van der Waals surface area (Å²) in [5, 5.41) is 18.0. The Morgan fingerprint density at radius 2 is 2.11 bits per heavy atom. The molecule has 2 amide bonds. The molecule has 1 aliphatic heterocycles. The van der Waals surface area contributed by atoms with Crippen molar-refractivity contribution in [3.63, 3.8) is 0 Å². The molecule has 0 aliphatic carbocycles. The Labute approximate surface area is 161 Å². The number of amides is 2. The molecule has 0 saturated carbocycles. The molecular formula is C20H20N4O4. The van der Waals surface area contributed by atoms with Crippen LogP contribution >= 0.6 is 0 Å². The molecular weight excluding hydrogens is 360 g/mol. The number of likely N-dealkylation sites (tertiary alicyclic amines) is 1. The fourth-order valence-corrected chi connectivity index (χ4v) is 3.40. The van der Waals surface area contributed by atoms with Crippen LogP contribution in [0.5, 0.6) is 0 Å². The molecule has 1 saturated heterocycles. The summed E-state index contributed by atoms with van der Waals surface area (Å²) in [5.41, 5.74) is 1.66.